The first kappa shape index (κ1) is 19.6. The summed E-state index contributed by atoms with van der Waals surface area (Å²) in [5.74, 6) is 2.55. The predicted octanol–water partition coefficient (Wildman–Crippen LogP) is 2.20. The van der Waals surface area contributed by atoms with Gasteiger partial charge in [0.1, 0.15) is 11.6 Å². The molecule has 0 saturated heterocycles. The van der Waals surface area contributed by atoms with Crippen molar-refractivity contribution in [3.8, 4) is 0 Å². The quantitative estimate of drug-likeness (QED) is 0.410. The summed E-state index contributed by atoms with van der Waals surface area (Å²) in [6, 6.07) is 4.90. The van der Waals surface area contributed by atoms with Crippen molar-refractivity contribution in [1.29, 1.82) is 0 Å². The second-order valence-electron chi connectivity index (χ2n) is 5.96. The second-order valence-corrected chi connectivity index (χ2v) is 5.96. The summed E-state index contributed by atoms with van der Waals surface area (Å²) in [6.07, 6.45) is 2.96. The minimum Gasteiger partial charge on any atom is -0.356 e. The van der Waals surface area contributed by atoms with E-state index in [0.29, 0.717) is 6.54 Å². The predicted molar refractivity (Wildman–Crippen MR) is 107 cm³/mol. The van der Waals surface area contributed by atoms with Crippen LogP contribution in [0.4, 0.5) is 4.39 Å². The van der Waals surface area contributed by atoms with Crippen LogP contribution in [0.25, 0.3) is 0 Å². The lowest BCUT2D eigenvalue weighted by molar-refractivity contribution is 0.625. The zero-order valence-corrected chi connectivity index (χ0v) is 16.9. The summed E-state index contributed by atoms with van der Waals surface area (Å²) >= 11 is 0. The average Bonchev–Trinajstić information content (AvgIpc) is 3.16. The molecule has 2 N–H and O–H groups in total. The summed E-state index contributed by atoms with van der Waals surface area (Å²) in [7, 11) is 1.74. The molecule has 0 saturated carbocycles. The van der Waals surface area contributed by atoms with Crippen LogP contribution in [0.2, 0.25) is 0 Å². The molecule has 6 nitrogen and oxygen atoms in total. The molecule has 0 bridgehead atoms. The standard InChI is InChI=1S/C17H23FN6.HI/c1-12-10-14(18)6-5-13(12)7-8-20-17(19-2)21-11-16-23-22-15-4-3-9-24(15)16;/h5-6,10H,3-4,7-9,11H2,1-2H3,(H2,19,20,21);1H. The molecule has 1 aromatic heterocycles. The molecule has 0 unspecified atom stereocenters. The summed E-state index contributed by atoms with van der Waals surface area (Å²) in [5, 5.41) is 15.0. The van der Waals surface area contributed by atoms with E-state index in [-0.39, 0.29) is 29.8 Å². The number of hydrogen-bond acceptors (Lipinski definition) is 3. The van der Waals surface area contributed by atoms with Gasteiger partial charge < -0.3 is 15.2 Å². The minimum absolute atomic E-state index is 0. The SMILES string of the molecule is CN=C(NCCc1ccc(F)cc1C)NCc1nnc2n1CCC2.I. The monoisotopic (exact) mass is 458 g/mol. The number of halogens is 2. The van der Waals surface area contributed by atoms with Crippen molar-refractivity contribution in [3.05, 3.63) is 46.8 Å². The van der Waals surface area contributed by atoms with Gasteiger partial charge in [0, 0.05) is 26.6 Å². The Morgan fingerprint density at radius 3 is 2.92 bits per heavy atom. The first-order chi connectivity index (χ1) is 11.7. The largest absolute Gasteiger partial charge is 0.356 e. The van der Waals surface area contributed by atoms with Crippen LogP contribution in [0, 0.1) is 12.7 Å². The molecule has 0 fully saturated rings. The third kappa shape index (κ3) is 4.90. The van der Waals surface area contributed by atoms with E-state index in [9.17, 15) is 4.39 Å². The van der Waals surface area contributed by atoms with E-state index in [2.05, 4.69) is 30.4 Å². The lowest BCUT2D eigenvalue weighted by Crippen LogP contribution is -2.38. The Labute approximate surface area is 164 Å². The number of aromatic nitrogens is 3. The highest BCUT2D eigenvalue weighted by molar-refractivity contribution is 14.0. The number of hydrogen-bond donors (Lipinski definition) is 2. The van der Waals surface area contributed by atoms with Crippen molar-refractivity contribution in [2.24, 2.45) is 4.99 Å². The van der Waals surface area contributed by atoms with Gasteiger partial charge in [0.2, 0.25) is 0 Å². The molecule has 25 heavy (non-hydrogen) atoms. The maximum atomic E-state index is 13.1. The van der Waals surface area contributed by atoms with Gasteiger partial charge in [-0.15, -0.1) is 34.2 Å². The fraction of sp³-hybridized carbons (Fsp3) is 0.471. The smallest absolute Gasteiger partial charge is 0.191 e. The van der Waals surface area contributed by atoms with E-state index >= 15 is 0 Å². The van der Waals surface area contributed by atoms with E-state index in [1.807, 2.05) is 13.0 Å². The van der Waals surface area contributed by atoms with Crippen LogP contribution in [-0.2, 0) is 25.9 Å². The van der Waals surface area contributed by atoms with Crippen molar-refractivity contribution in [3.63, 3.8) is 0 Å². The van der Waals surface area contributed by atoms with Gasteiger partial charge in [0.15, 0.2) is 11.8 Å². The van der Waals surface area contributed by atoms with Crippen molar-refractivity contribution >= 4 is 29.9 Å². The number of aliphatic imine (C=N–C) groups is 1. The van der Waals surface area contributed by atoms with E-state index < -0.39 is 0 Å². The number of fused-ring (bicyclic) bond motifs is 1. The molecule has 0 atom stereocenters. The minimum atomic E-state index is -0.192. The summed E-state index contributed by atoms with van der Waals surface area (Å²) in [4.78, 5) is 4.23. The normalized spacial score (nSPS) is 13.3. The maximum Gasteiger partial charge on any atom is 0.191 e. The number of guanidine groups is 1. The number of nitrogens with zero attached hydrogens (tertiary/aromatic N) is 4. The Bertz CT molecular complexity index is 743. The lowest BCUT2D eigenvalue weighted by Gasteiger charge is -2.12. The van der Waals surface area contributed by atoms with Gasteiger partial charge in [0.25, 0.3) is 0 Å². The zero-order chi connectivity index (χ0) is 16.9. The van der Waals surface area contributed by atoms with Crippen LogP contribution in [0.15, 0.2) is 23.2 Å². The van der Waals surface area contributed by atoms with Crippen LogP contribution >= 0.6 is 24.0 Å². The molecular weight excluding hydrogens is 434 g/mol. The maximum absolute atomic E-state index is 13.1. The van der Waals surface area contributed by atoms with Gasteiger partial charge in [-0.1, -0.05) is 6.07 Å². The molecule has 136 valence electrons. The Kier molecular flexibility index (Phi) is 7.15. The van der Waals surface area contributed by atoms with Crippen LogP contribution in [0.1, 0.15) is 29.2 Å². The van der Waals surface area contributed by atoms with Gasteiger partial charge >= 0.3 is 0 Å². The molecular formula is C17H24FIN6. The lowest BCUT2D eigenvalue weighted by atomic mass is 10.1. The van der Waals surface area contributed by atoms with Crippen molar-refractivity contribution in [2.75, 3.05) is 13.6 Å². The highest BCUT2D eigenvalue weighted by Gasteiger charge is 2.17. The number of benzene rings is 1. The number of nitrogens with one attached hydrogen (secondary N) is 2. The number of rotatable bonds is 5. The van der Waals surface area contributed by atoms with Crippen LogP contribution in [0.5, 0.6) is 0 Å². The topological polar surface area (TPSA) is 67.1 Å². The average molecular weight is 458 g/mol. The molecule has 1 aliphatic heterocycles. The fourth-order valence-corrected chi connectivity index (χ4v) is 2.98. The van der Waals surface area contributed by atoms with Crippen LogP contribution < -0.4 is 10.6 Å². The van der Waals surface area contributed by atoms with E-state index in [1.165, 1.54) is 6.07 Å². The molecule has 8 heteroatoms. The van der Waals surface area contributed by atoms with E-state index in [0.717, 1.165) is 61.1 Å². The highest BCUT2D eigenvalue weighted by Crippen LogP contribution is 2.13. The van der Waals surface area contributed by atoms with Crippen molar-refractivity contribution in [1.82, 2.24) is 25.4 Å². The molecule has 0 aliphatic carbocycles. The van der Waals surface area contributed by atoms with Crippen molar-refractivity contribution in [2.45, 2.75) is 39.3 Å². The van der Waals surface area contributed by atoms with Gasteiger partial charge in [-0.25, -0.2) is 4.39 Å². The molecule has 0 amide bonds. The first-order valence-electron chi connectivity index (χ1n) is 8.28. The van der Waals surface area contributed by atoms with Gasteiger partial charge in [0.05, 0.1) is 6.54 Å². The highest BCUT2D eigenvalue weighted by atomic mass is 127. The molecule has 3 rings (SSSR count). The number of aryl methyl sites for hydroxylation is 2. The van der Waals surface area contributed by atoms with Crippen molar-refractivity contribution < 1.29 is 4.39 Å². The third-order valence-corrected chi connectivity index (χ3v) is 4.32. The molecule has 0 spiro atoms. The molecule has 1 aromatic carbocycles. The second kappa shape index (κ2) is 9.12. The third-order valence-electron chi connectivity index (χ3n) is 4.32. The summed E-state index contributed by atoms with van der Waals surface area (Å²) in [6.45, 7) is 4.25. The Morgan fingerprint density at radius 2 is 2.16 bits per heavy atom. The molecule has 1 aliphatic rings. The van der Waals surface area contributed by atoms with E-state index in [4.69, 9.17) is 0 Å². The van der Waals surface area contributed by atoms with Crippen LogP contribution in [0.3, 0.4) is 0 Å². The van der Waals surface area contributed by atoms with Gasteiger partial charge in [-0.05, 0) is 43.0 Å². The molecule has 0 radical (unpaired) electrons. The van der Waals surface area contributed by atoms with Gasteiger partial charge in [-0.3, -0.25) is 4.99 Å². The molecule has 2 heterocycles. The summed E-state index contributed by atoms with van der Waals surface area (Å²) < 4.78 is 15.3. The van der Waals surface area contributed by atoms with E-state index in [1.54, 1.807) is 13.1 Å². The van der Waals surface area contributed by atoms with Crippen LogP contribution in [-0.4, -0.2) is 34.3 Å². The zero-order valence-electron chi connectivity index (χ0n) is 14.5. The Hall–Kier alpha value is -1.71. The summed E-state index contributed by atoms with van der Waals surface area (Å²) in [5.41, 5.74) is 2.10. The molecule has 2 aromatic rings. The first-order valence-corrected chi connectivity index (χ1v) is 8.28. The Balaban J connectivity index is 0.00000225. The Morgan fingerprint density at radius 1 is 1.32 bits per heavy atom. The van der Waals surface area contributed by atoms with Gasteiger partial charge in [-0.2, -0.15) is 0 Å². The fourth-order valence-electron chi connectivity index (χ4n) is 2.98.